The van der Waals surface area contributed by atoms with Gasteiger partial charge < -0.3 is 0 Å². The molecule has 1 atom stereocenters. The van der Waals surface area contributed by atoms with Crippen LogP contribution in [-0.2, 0) is 6.54 Å². The minimum atomic E-state index is 0.660. The first-order valence-electron chi connectivity index (χ1n) is 4.47. The molecule has 0 aromatic carbocycles. The Morgan fingerprint density at radius 3 is 3.31 bits per heavy atom. The highest BCUT2D eigenvalue weighted by Crippen LogP contribution is 2.18. The van der Waals surface area contributed by atoms with E-state index in [1.165, 1.54) is 31.1 Å². The van der Waals surface area contributed by atoms with Crippen molar-refractivity contribution in [3.05, 3.63) is 11.9 Å². The topological polar surface area (TPSA) is 29.0 Å². The fourth-order valence-electron chi connectivity index (χ4n) is 1.63. The minimum Gasteiger partial charge on any atom is -0.296 e. The van der Waals surface area contributed by atoms with E-state index in [-0.39, 0.29) is 0 Å². The fraction of sp³-hybridized carbons (Fsp3) is 0.750. The standard InChI is InChI=1S/C8H12BrN3S/c9-7-2-1-3-12(5-7)6-8-4-10-13-11-8/h4,7H,1-3,5-6H2. The zero-order valence-corrected chi connectivity index (χ0v) is 9.72. The quantitative estimate of drug-likeness (QED) is 0.762. The molecule has 1 unspecified atom stereocenters. The van der Waals surface area contributed by atoms with Crippen LogP contribution in [0.5, 0.6) is 0 Å². The number of piperidine rings is 1. The van der Waals surface area contributed by atoms with Gasteiger partial charge in [0.1, 0.15) is 0 Å². The van der Waals surface area contributed by atoms with E-state index in [0.29, 0.717) is 4.83 Å². The molecule has 1 aromatic heterocycles. The average Bonchev–Trinajstić information content (AvgIpc) is 2.57. The molecule has 5 heteroatoms. The Bertz CT molecular complexity index is 252. The molecule has 0 N–H and O–H groups in total. The Labute approximate surface area is 90.6 Å². The molecule has 1 saturated heterocycles. The summed E-state index contributed by atoms with van der Waals surface area (Å²) in [5, 5.41) is 0. The van der Waals surface area contributed by atoms with Crippen molar-refractivity contribution in [2.45, 2.75) is 24.2 Å². The maximum Gasteiger partial charge on any atom is 0.0883 e. The smallest absolute Gasteiger partial charge is 0.0883 e. The summed E-state index contributed by atoms with van der Waals surface area (Å²) >= 11 is 4.95. The van der Waals surface area contributed by atoms with Crippen LogP contribution in [-0.4, -0.2) is 31.6 Å². The number of rotatable bonds is 2. The van der Waals surface area contributed by atoms with Gasteiger partial charge in [0.25, 0.3) is 0 Å². The number of hydrogen-bond acceptors (Lipinski definition) is 4. The molecule has 0 saturated carbocycles. The summed E-state index contributed by atoms with van der Waals surface area (Å²) in [6.07, 6.45) is 4.45. The molecule has 1 aromatic rings. The van der Waals surface area contributed by atoms with Gasteiger partial charge in [0.15, 0.2) is 0 Å². The van der Waals surface area contributed by atoms with Crippen molar-refractivity contribution in [1.82, 2.24) is 13.6 Å². The van der Waals surface area contributed by atoms with Crippen molar-refractivity contribution < 1.29 is 0 Å². The molecule has 0 bridgehead atoms. The third-order valence-electron chi connectivity index (χ3n) is 2.24. The summed E-state index contributed by atoms with van der Waals surface area (Å²) in [6, 6.07) is 0. The summed E-state index contributed by atoms with van der Waals surface area (Å²) < 4.78 is 8.21. The van der Waals surface area contributed by atoms with Crippen molar-refractivity contribution in [1.29, 1.82) is 0 Å². The molecule has 72 valence electrons. The summed E-state index contributed by atoms with van der Waals surface area (Å²) in [5.74, 6) is 0. The molecule has 0 aliphatic carbocycles. The summed E-state index contributed by atoms with van der Waals surface area (Å²) in [5.41, 5.74) is 1.10. The van der Waals surface area contributed by atoms with Gasteiger partial charge in [-0.25, -0.2) is 0 Å². The van der Waals surface area contributed by atoms with Crippen LogP contribution < -0.4 is 0 Å². The molecular formula is C8H12BrN3S. The lowest BCUT2D eigenvalue weighted by molar-refractivity contribution is 0.226. The van der Waals surface area contributed by atoms with Gasteiger partial charge in [0, 0.05) is 17.9 Å². The van der Waals surface area contributed by atoms with Crippen LogP contribution in [0.4, 0.5) is 0 Å². The van der Waals surface area contributed by atoms with E-state index in [1.807, 2.05) is 6.20 Å². The number of likely N-dealkylation sites (tertiary alicyclic amines) is 1. The van der Waals surface area contributed by atoms with Gasteiger partial charge in [-0.2, -0.15) is 8.75 Å². The van der Waals surface area contributed by atoms with Crippen LogP contribution in [0.1, 0.15) is 18.5 Å². The number of alkyl halides is 1. The van der Waals surface area contributed by atoms with E-state index in [0.717, 1.165) is 18.8 Å². The lowest BCUT2D eigenvalue weighted by Crippen LogP contribution is -2.35. The van der Waals surface area contributed by atoms with Crippen LogP contribution in [0.2, 0.25) is 0 Å². The SMILES string of the molecule is BrC1CCCN(Cc2cnsn2)C1. The number of aromatic nitrogens is 2. The molecule has 1 aliphatic heterocycles. The van der Waals surface area contributed by atoms with Crippen LogP contribution in [0.3, 0.4) is 0 Å². The van der Waals surface area contributed by atoms with Crippen molar-refractivity contribution in [2.75, 3.05) is 13.1 Å². The summed E-state index contributed by atoms with van der Waals surface area (Å²) in [7, 11) is 0. The first kappa shape index (κ1) is 9.55. The van der Waals surface area contributed by atoms with Crippen LogP contribution >= 0.6 is 27.7 Å². The van der Waals surface area contributed by atoms with Crippen molar-refractivity contribution in [2.24, 2.45) is 0 Å². The second-order valence-electron chi connectivity index (χ2n) is 3.37. The van der Waals surface area contributed by atoms with E-state index in [1.54, 1.807) is 0 Å². The van der Waals surface area contributed by atoms with Crippen molar-refractivity contribution >= 4 is 27.7 Å². The average molecular weight is 262 g/mol. The van der Waals surface area contributed by atoms with Crippen molar-refractivity contribution in [3.63, 3.8) is 0 Å². The highest BCUT2D eigenvalue weighted by molar-refractivity contribution is 9.09. The largest absolute Gasteiger partial charge is 0.296 e. The Balaban J connectivity index is 1.87. The monoisotopic (exact) mass is 261 g/mol. The van der Waals surface area contributed by atoms with Crippen LogP contribution in [0.25, 0.3) is 0 Å². The third-order valence-corrected chi connectivity index (χ3v) is 3.50. The molecule has 1 fully saturated rings. The predicted octanol–water partition coefficient (Wildman–Crippen LogP) is 1.90. The molecule has 3 nitrogen and oxygen atoms in total. The van der Waals surface area contributed by atoms with Gasteiger partial charge in [-0.1, -0.05) is 15.9 Å². The Kier molecular flexibility index (Phi) is 3.29. The van der Waals surface area contributed by atoms with Crippen molar-refractivity contribution in [3.8, 4) is 0 Å². The predicted molar refractivity (Wildman–Crippen MR) is 57.1 cm³/mol. The molecule has 2 rings (SSSR count). The molecule has 2 heterocycles. The maximum absolute atomic E-state index is 4.21. The summed E-state index contributed by atoms with van der Waals surface area (Å²) in [6.45, 7) is 3.29. The molecule has 0 amide bonds. The summed E-state index contributed by atoms with van der Waals surface area (Å²) in [4.78, 5) is 3.09. The number of nitrogens with zero attached hydrogens (tertiary/aromatic N) is 3. The fourth-order valence-corrected chi connectivity index (χ4v) is 2.78. The Hall–Kier alpha value is -0.0000000000000000278. The van der Waals surface area contributed by atoms with Gasteiger partial charge in [-0.3, -0.25) is 4.90 Å². The lowest BCUT2D eigenvalue weighted by atomic mass is 10.1. The molecule has 13 heavy (non-hydrogen) atoms. The maximum atomic E-state index is 4.21. The molecule has 1 aliphatic rings. The highest BCUT2D eigenvalue weighted by atomic mass is 79.9. The lowest BCUT2D eigenvalue weighted by Gasteiger charge is -2.28. The first-order chi connectivity index (χ1) is 6.34. The third kappa shape index (κ3) is 2.72. The highest BCUT2D eigenvalue weighted by Gasteiger charge is 2.17. The zero-order valence-electron chi connectivity index (χ0n) is 7.32. The first-order valence-corrected chi connectivity index (χ1v) is 6.12. The molecule has 0 radical (unpaired) electrons. The van der Waals surface area contributed by atoms with E-state index >= 15 is 0 Å². The molecular weight excluding hydrogens is 250 g/mol. The van der Waals surface area contributed by atoms with Gasteiger partial charge in [-0.15, -0.1) is 0 Å². The van der Waals surface area contributed by atoms with Gasteiger partial charge >= 0.3 is 0 Å². The second-order valence-corrected chi connectivity index (χ2v) is 5.23. The normalized spacial score (nSPS) is 24.8. The van der Waals surface area contributed by atoms with E-state index in [2.05, 4.69) is 29.6 Å². The van der Waals surface area contributed by atoms with Crippen LogP contribution in [0, 0.1) is 0 Å². The molecule has 0 spiro atoms. The number of halogens is 1. The zero-order chi connectivity index (χ0) is 9.10. The Morgan fingerprint density at radius 2 is 2.62 bits per heavy atom. The van der Waals surface area contributed by atoms with E-state index < -0.39 is 0 Å². The van der Waals surface area contributed by atoms with E-state index in [4.69, 9.17) is 0 Å². The Morgan fingerprint density at radius 1 is 1.69 bits per heavy atom. The minimum absolute atomic E-state index is 0.660. The number of hydrogen-bond donors (Lipinski definition) is 0. The van der Waals surface area contributed by atoms with Crippen LogP contribution in [0.15, 0.2) is 6.20 Å². The van der Waals surface area contributed by atoms with Gasteiger partial charge in [-0.05, 0) is 19.4 Å². The second kappa shape index (κ2) is 4.48. The van der Waals surface area contributed by atoms with E-state index in [9.17, 15) is 0 Å². The van der Waals surface area contributed by atoms with Gasteiger partial charge in [0.05, 0.1) is 23.6 Å². The van der Waals surface area contributed by atoms with Gasteiger partial charge in [0.2, 0.25) is 0 Å².